The predicted molar refractivity (Wildman–Crippen MR) is 55.6 cm³/mol. The Labute approximate surface area is 96.8 Å². The maximum Gasteiger partial charge on any atom is 0.379 e. The number of benzene rings is 1. The molecule has 1 rings (SSSR count). The number of phenols is 1. The average molecular weight is 242 g/mol. The number of phenolic OH excluding ortho intramolecular Hbond substituents is 1. The molecule has 92 valence electrons. The van der Waals surface area contributed by atoms with E-state index in [0.717, 1.165) is 12.1 Å². The van der Waals surface area contributed by atoms with E-state index in [2.05, 4.69) is 4.74 Å². The number of rotatable bonds is 4. The van der Waals surface area contributed by atoms with Gasteiger partial charge in [0.25, 0.3) is 5.78 Å². The van der Waals surface area contributed by atoms with Gasteiger partial charge in [0.05, 0.1) is 13.7 Å². The molecule has 0 unspecified atom stereocenters. The van der Waals surface area contributed by atoms with Crippen LogP contribution >= 0.6 is 0 Å². The second kappa shape index (κ2) is 5.29. The van der Waals surface area contributed by atoms with Gasteiger partial charge in [0.2, 0.25) is 0 Å². The van der Waals surface area contributed by atoms with E-state index in [1.807, 2.05) is 0 Å². The van der Waals surface area contributed by atoms with Crippen LogP contribution in [-0.4, -0.2) is 30.6 Å². The van der Waals surface area contributed by atoms with E-state index >= 15 is 0 Å². The number of aromatic hydroxyl groups is 1. The highest BCUT2D eigenvalue weighted by Crippen LogP contribution is 2.29. The smallest absolute Gasteiger partial charge is 0.379 e. The van der Waals surface area contributed by atoms with Gasteiger partial charge >= 0.3 is 5.97 Å². The number of ether oxygens (including phenoxy) is 2. The van der Waals surface area contributed by atoms with Gasteiger partial charge in [0, 0.05) is 12.1 Å². The van der Waals surface area contributed by atoms with Gasteiger partial charge in [0.1, 0.15) is 22.9 Å². The summed E-state index contributed by atoms with van der Waals surface area (Å²) in [6.45, 7) is 1.56. The van der Waals surface area contributed by atoms with Crippen molar-refractivity contribution in [3.63, 3.8) is 0 Å². The summed E-state index contributed by atoms with van der Waals surface area (Å²) in [5, 5.41) is 9.44. The average Bonchev–Trinajstić information content (AvgIpc) is 2.27. The molecule has 1 aromatic carbocycles. The Kier molecular flexibility index (Phi) is 4.03. The zero-order valence-electron chi connectivity index (χ0n) is 9.32. The first kappa shape index (κ1) is 13.0. The van der Waals surface area contributed by atoms with Gasteiger partial charge in [0.15, 0.2) is 0 Å². The number of halogens is 1. The lowest BCUT2D eigenvalue weighted by molar-refractivity contribution is -0.137. The minimum Gasteiger partial charge on any atom is -0.507 e. The maximum absolute atomic E-state index is 12.9. The van der Waals surface area contributed by atoms with Crippen molar-refractivity contribution in [3.05, 3.63) is 23.5 Å². The molecule has 0 saturated heterocycles. The Morgan fingerprint density at radius 2 is 2.06 bits per heavy atom. The van der Waals surface area contributed by atoms with Crippen molar-refractivity contribution < 1.29 is 28.6 Å². The van der Waals surface area contributed by atoms with Crippen LogP contribution in [0.5, 0.6) is 11.5 Å². The summed E-state index contributed by atoms with van der Waals surface area (Å²) >= 11 is 0. The predicted octanol–water partition coefficient (Wildman–Crippen LogP) is 1.29. The zero-order valence-corrected chi connectivity index (χ0v) is 9.32. The largest absolute Gasteiger partial charge is 0.507 e. The van der Waals surface area contributed by atoms with Crippen LogP contribution in [0.2, 0.25) is 0 Å². The van der Waals surface area contributed by atoms with Crippen LogP contribution < -0.4 is 4.74 Å². The summed E-state index contributed by atoms with van der Waals surface area (Å²) in [6, 6.07) is 1.61. The molecule has 1 aromatic rings. The van der Waals surface area contributed by atoms with Gasteiger partial charge in [-0.3, -0.25) is 4.79 Å². The Hall–Kier alpha value is -2.11. The number of Topliss-reactive ketones (excluding diaryl/α,β-unsaturated/α-hetero) is 1. The standard InChI is InChI=1S/C11H11FO5/c1-3-17-11(15)10(14)9-7(13)4-6(12)5-8(9)16-2/h4-5,13H,3H2,1-2H3. The Bertz CT molecular complexity index is 455. The van der Waals surface area contributed by atoms with Crippen LogP contribution in [0.1, 0.15) is 17.3 Å². The molecule has 0 saturated carbocycles. The maximum atomic E-state index is 12.9. The number of hydrogen-bond acceptors (Lipinski definition) is 5. The first-order chi connectivity index (χ1) is 8.01. The molecular weight excluding hydrogens is 231 g/mol. The third-order valence-electron chi connectivity index (χ3n) is 1.95. The van der Waals surface area contributed by atoms with E-state index in [4.69, 9.17) is 4.74 Å². The molecule has 0 amide bonds. The van der Waals surface area contributed by atoms with Gasteiger partial charge < -0.3 is 14.6 Å². The minimum absolute atomic E-state index is 0.0227. The third kappa shape index (κ3) is 2.72. The molecule has 0 bridgehead atoms. The van der Waals surface area contributed by atoms with E-state index in [-0.39, 0.29) is 12.4 Å². The van der Waals surface area contributed by atoms with Gasteiger partial charge in [-0.2, -0.15) is 0 Å². The summed E-state index contributed by atoms with van der Waals surface area (Å²) in [4.78, 5) is 22.8. The van der Waals surface area contributed by atoms with Gasteiger partial charge in [-0.1, -0.05) is 0 Å². The van der Waals surface area contributed by atoms with Crippen molar-refractivity contribution in [1.29, 1.82) is 0 Å². The lowest BCUT2D eigenvalue weighted by Gasteiger charge is -2.09. The number of carbonyl (C=O) groups is 2. The summed E-state index contributed by atoms with van der Waals surface area (Å²) in [5.74, 6) is -3.88. The number of ketones is 1. The van der Waals surface area contributed by atoms with E-state index in [0.29, 0.717) is 0 Å². The molecule has 0 atom stereocenters. The molecule has 0 aliphatic rings. The van der Waals surface area contributed by atoms with Crippen molar-refractivity contribution in [3.8, 4) is 11.5 Å². The second-order valence-electron chi connectivity index (χ2n) is 3.05. The minimum atomic E-state index is -1.13. The quantitative estimate of drug-likeness (QED) is 0.489. The SMILES string of the molecule is CCOC(=O)C(=O)c1c(O)cc(F)cc1OC. The first-order valence-electron chi connectivity index (χ1n) is 4.79. The molecule has 0 aliphatic carbocycles. The first-order valence-corrected chi connectivity index (χ1v) is 4.79. The highest BCUT2D eigenvalue weighted by Gasteiger charge is 2.26. The van der Waals surface area contributed by atoms with Gasteiger partial charge in [-0.15, -0.1) is 0 Å². The fraction of sp³-hybridized carbons (Fsp3) is 0.273. The lowest BCUT2D eigenvalue weighted by Crippen LogP contribution is -2.18. The summed E-state index contributed by atoms with van der Waals surface area (Å²) in [7, 11) is 1.19. The molecular formula is C11H11FO5. The van der Waals surface area contributed by atoms with Crippen LogP contribution in [0.15, 0.2) is 12.1 Å². The van der Waals surface area contributed by atoms with Crippen molar-refractivity contribution in [2.75, 3.05) is 13.7 Å². The third-order valence-corrected chi connectivity index (χ3v) is 1.95. The van der Waals surface area contributed by atoms with Crippen LogP contribution in [0, 0.1) is 5.82 Å². The van der Waals surface area contributed by atoms with Gasteiger partial charge in [-0.05, 0) is 6.92 Å². The molecule has 17 heavy (non-hydrogen) atoms. The van der Waals surface area contributed by atoms with E-state index < -0.39 is 28.9 Å². The van der Waals surface area contributed by atoms with Gasteiger partial charge in [-0.25, -0.2) is 9.18 Å². The van der Waals surface area contributed by atoms with E-state index in [1.54, 1.807) is 0 Å². The molecule has 0 aromatic heterocycles. The molecule has 0 radical (unpaired) electrons. The fourth-order valence-corrected chi connectivity index (χ4v) is 1.26. The monoisotopic (exact) mass is 242 g/mol. The Balaban J connectivity index is 3.21. The van der Waals surface area contributed by atoms with Crippen LogP contribution in [0.4, 0.5) is 4.39 Å². The van der Waals surface area contributed by atoms with Crippen LogP contribution in [-0.2, 0) is 9.53 Å². The van der Waals surface area contributed by atoms with Crippen LogP contribution in [0.25, 0.3) is 0 Å². The van der Waals surface area contributed by atoms with Crippen LogP contribution in [0.3, 0.4) is 0 Å². The van der Waals surface area contributed by atoms with E-state index in [9.17, 15) is 19.1 Å². The molecule has 6 heteroatoms. The number of methoxy groups -OCH3 is 1. The molecule has 0 heterocycles. The summed E-state index contributed by atoms with van der Waals surface area (Å²) in [6.07, 6.45) is 0. The number of esters is 1. The topological polar surface area (TPSA) is 72.8 Å². The zero-order chi connectivity index (χ0) is 13.0. The number of hydrogen-bond donors (Lipinski definition) is 1. The fourth-order valence-electron chi connectivity index (χ4n) is 1.26. The van der Waals surface area contributed by atoms with Crippen molar-refractivity contribution in [1.82, 2.24) is 0 Å². The van der Waals surface area contributed by atoms with E-state index in [1.165, 1.54) is 14.0 Å². The number of carbonyl (C=O) groups excluding carboxylic acids is 2. The van der Waals surface area contributed by atoms with Crippen molar-refractivity contribution >= 4 is 11.8 Å². The lowest BCUT2D eigenvalue weighted by atomic mass is 10.1. The summed E-state index contributed by atoms with van der Waals surface area (Å²) < 4.78 is 22.2. The highest BCUT2D eigenvalue weighted by molar-refractivity contribution is 6.42. The van der Waals surface area contributed by atoms with Crippen molar-refractivity contribution in [2.45, 2.75) is 6.92 Å². The normalized spacial score (nSPS) is 9.82. The van der Waals surface area contributed by atoms with Crippen molar-refractivity contribution in [2.24, 2.45) is 0 Å². The Morgan fingerprint density at radius 3 is 2.59 bits per heavy atom. The molecule has 0 aliphatic heterocycles. The Morgan fingerprint density at radius 1 is 1.41 bits per heavy atom. The highest BCUT2D eigenvalue weighted by atomic mass is 19.1. The molecule has 0 fully saturated rings. The second-order valence-corrected chi connectivity index (χ2v) is 3.05. The molecule has 5 nitrogen and oxygen atoms in total. The summed E-state index contributed by atoms with van der Waals surface area (Å²) in [5.41, 5.74) is -0.410. The molecule has 0 spiro atoms. The molecule has 1 N–H and O–H groups in total.